The molecule has 1 saturated carbocycles. The molecule has 0 unspecified atom stereocenters. The maximum atomic E-state index is 5.27. The smallest absolute Gasteiger partial charge is 0.131 e. The Balaban J connectivity index is 1.59. The van der Waals surface area contributed by atoms with Gasteiger partial charge in [0.1, 0.15) is 5.82 Å². The Morgan fingerprint density at radius 1 is 1.08 bits per heavy atom. The van der Waals surface area contributed by atoms with E-state index in [4.69, 9.17) is 14.7 Å². The molecule has 2 fully saturated rings. The Kier molecular flexibility index (Phi) is 7.84. The summed E-state index contributed by atoms with van der Waals surface area (Å²) in [6.45, 7) is 5.28. The number of piperidine rings is 1. The van der Waals surface area contributed by atoms with Crippen LogP contribution in [-0.4, -0.2) is 66.2 Å². The number of ether oxygens (including phenoxy) is 1. The molecule has 0 radical (unpaired) electrons. The van der Waals surface area contributed by atoms with Gasteiger partial charge in [0.05, 0.1) is 0 Å². The van der Waals surface area contributed by atoms with Crippen LogP contribution in [0.5, 0.6) is 0 Å². The third-order valence-electron chi connectivity index (χ3n) is 6.08. The maximum absolute atomic E-state index is 5.27. The second-order valence-corrected chi connectivity index (χ2v) is 8.14. The minimum atomic E-state index is 0.587. The monoisotopic (exact) mass is 360 g/mol. The van der Waals surface area contributed by atoms with Gasteiger partial charge in [0.15, 0.2) is 0 Å². The summed E-state index contributed by atoms with van der Waals surface area (Å²) in [6, 6.07) is 0.668. The zero-order chi connectivity index (χ0) is 18.2. The van der Waals surface area contributed by atoms with Crippen molar-refractivity contribution in [3.8, 4) is 0 Å². The van der Waals surface area contributed by atoms with Crippen LogP contribution in [0.2, 0.25) is 0 Å². The largest absolute Gasteiger partial charge is 0.385 e. The number of methoxy groups -OCH3 is 1. The summed E-state index contributed by atoms with van der Waals surface area (Å²) in [5.74, 6) is 1.66. The van der Waals surface area contributed by atoms with Crippen molar-refractivity contribution in [1.29, 1.82) is 0 Å². The number of likely N-dealkylation sites (tertiary alicyclic amines) is 1. The van der Waals surface area contributed by atoms with Crippen molar-refractivity contribution in [2.24, 2.45) is 0 Å². The van der Waals surface area contributed by atoms with E-state index in [1.54, 1.807) is 7.11 Å². The fourth-order valence-electron chi connectivity index (χ4n) is 4.42. The number of hydrogen-bond donors (Lipinski definition) is 0. The van der Waals surface area contributed by atoms with Gasteiger partial charge in [-0.05, 0) is 52.2 Å². The van der Waals surface area contributed by atoms with E-state index in [1.165, 1.54) is 63.6 Å². The summed E-state index contributed by atoms with van der Waals surface area (Å²) < 4.78 is 5.27. The molecule has 3 rings (SSSR count). The number of nitrogens with zero attached hydrogens (tertiary/aromatic N) is 4. The molecule has 0 spiro atoms. The molecule has 1 aliphatic carbocycles. The van der Waals surface area contributed by atoms with Gasteiger partial charge in [0.2, 0.25) is 0 Å². The predicted molar refractivity (Wildman–Crippen MR) is 105 cm³/mol. The number of aromatic nitrogens is 2. The third kappa shape index (κ3) is 5.73. The van der Waals surface area contributed by atoms with Crippen LogP contribution in [-0.2, 0) is 11.3 Å². The molecule has 0 bridgehead atoms. The van der Waals surface area contributed by atoms with Crippen molar-refractivity contribution in [3.05, 3.63) is 23.8 Å². The molecule has 2 heterocycles. The Morgan fingerprint density at radius 3 is 2.42 bits per heavy atom. The fourth-order valence-corrected chi connectivity index (χ4v) is 4.42. The van der Waals surface area contributed by atoms with Gasteiger partial charge in [0, 0.05) is 56.7 Å². The highest BCUT2D eigenvalue weighted by Gasteiger charge is 2.23. The molecular weight excluding hydrogens is 324 g/mol. The first kappa shape index (κ1) is 19.7. The highest BCUT2D eigenvalue weighted by molar-refractivity contribution is 5.08. The first-order chi connectivity index (χ1) is 12.8. The van der Waals surface area contributed by atoms with Crippen LogP contribution in [0.4, 0.5) is 0 Å². The van der Waals surface area contributed by atoms with Crippen LogP contribution in [0.3, 0.4) is 0 Å². The summed E-state index contributed by atoms with van der Waals surface area (Å²) >= 11 is 0. The average Bonchev–Trinajstić information content (AvgIpc) is 2.69. The molecule has 1 aromatic heterocycles. The zero-order valence-electron chi connectivity index (χ0n) is 16.7. The first-order valence-electron chi connectivity index (χ1n) is 10.5. The minimum Gasteiger partial charge on any atom is -0.385 e. The lowest BCUT2D eigenvalue weighted by molar-refractivity contribution is 0.0998. The quantitative estimate of drug-likeness (QED) is 0.664. The van der Waals surface area contributed by atoms with Crippen molar-refractivity contribution < 1.29 is 4.74 Å². The van der Waals surface area contributed by atoms with E-state index in [2.05, 4.69) is 29.2 Å². The van der Waals surface area contributed by atoms with Crippen LogP contribution in [0.1, 0.15) is 68.7 Å². The molecule has 146 valence electrons. The fraction of sp³-hybridized carbons (Fsp3) is 0.810. The molecule has 5 nitrogen and oxygen atoms in total. The van der Waals surface area contributed by atoms with Gasteiger partial charge in [-0.1, -0.05) is 19.3 Å². The summed E-state index contributed by atoms with van der Waals surface area (Å²) in [5, 5.41) is 0. The third-order valence-corrected chi connectivity index (χ3v) is 6.08. The topological polar surface area (TPSA) is 41.5 Å². The molecule has 5 heteroatoms. The van der Waals surface area contributed by atoms with E-state index in [0.717, 1.165) is 31.9 Å². The molecule has 1 aromatic rings. The lowest BCUT2D eigenvalue weighted by atomic mass is 9.89. The van der Waals surface area contributed by atoms with Gasteiger partial charge in [0.25, 0.3) is 0 Å². The average molecular weight is 361 g/mol. The first-order valence-corrected chi connectivity index (χ1v) is 10.5. The van der Waals surface area contributed by atoms with Gasteiger partial charge < -0.3 is 9.64 Å². The summed E-state index contributed by atoms with van der Waals surface area (Å²) in [6.07, 6.45) is 14.3. The van der Waals surface area contributed by atoms with Crippen LogP contribution in [0.15, 0.2) is 12.4 Å². The van der Waals surface area contributed by atoms with Crippen molar-refractivity contribution >= 4 is 0 Å². The standard InChI is InChI=1S/C21H36N4O/c1-24-12-9-20(10-13-24)25(11-6-14-26-2)17-18-15-22-21(23-16-18)19-7-4-3-5-8-19/h15-16,19-20H,3-14,17H2,1-2H3. The second kappa shape index (κ2) is 10.3. The van der Waals surface area contributed by atoms with Crippen LogP contribution < -0.4 is 0 Å². The van der Waals surface area contributed by atoms with Gasteiger partial charge >= 0.3 is 0 Å². The Bertz CT molecular complexity index is 507. The molecule has 0 atom stereocenters. The predicted octanol–water partition coefficient (Wildman–Crippen LogP) is 3.46. The molecule has 2 aliphatic rings. The molecule has 0 amide bonds. The maximum Gasteiger partial charge on any atom is 0.131 e. The second-order valence-electron chi connectivity index (χ2n) is 8.14. The van der Waals surface area contributed by atoms with E-state index >= 15 is 0 Å². The Hall–Kier alpha value is -1.04. The van der Waals surface area contributed by atoms with Crippen LogP contribution in [0.25, 0.3) is 0 Å². The lowest BCUT2D eigenvalue weighted by Gasteiger charge is -2.37. The van der Waals surface area contributed by atoms with E-state index in [-0.39, 0.29) is 0 Å². The van der Waals surface area contributed by atoms with Gasteiger partial charge in [-0.15, -0.1) is 0 Å². The van der Waals surface area contributed by atoms with Crippen molar-refractivity contribution in [1.82, 2.24) is 19.8 Å². The van der Waals surface area contributed by atoms with Crippen molar-refractivity contribution in [2.75, 3.05) is 40.4 Å². The highest BCUT2D eigenvalue weighted by atomic mass is 16.5. The zero-order valence-corrected chi connectivity index (χ0v) is 16.7. The molecule has 1 aliphatic heterocycles. The summed E-state index contributed by atoms with van der Waals surface area (Å²) in [5.41, 5.74) is 1.25. The normalized spacial score (nSPS) is 20.7. The number of hydrogen-bond acceptors (Lipinski definition) is 5. The van der Waals surface area contributed by atoms with Crippen molar-refractivity contribution in [2.45, 2.75) is 69.9 Å². The Morgan fingerprint density at radius 2 is 1.77 bits per heavy atom. The SMILES string of the molecule is COCCCN(Cc1cnc(C2CCCCC2)nc1)C1CCN(C)CC1. The molecule has 1 saturated heterocycles. The minimum absolute atomic E-state index is 0.587. The highest BCUT2D eigenvalue weighted by Crippen LogP contribution is 2.30. The molecule has 26 heavy (non-hydrogen) atoms. The molecule has 0 aromatic carbocycles. The van der Waals surface area contributed by atoms with Gasteiger partial charge in [-0.2, -0.15) is 0 Å². The van der Waals surface area contributed by atoms with Crippen molar-refractivity contribution in [3.63, 3.8) is 0 Å². The number of rotatable bonds is 8. The van der Waals surface area contributed by atoms with Gasteiger partial charge in [-0.25, -0.2) is 9.97 Å². The Labute approximate surface area is 159 Å². The van der Waals surface area contributed by atoms with E-state index in [9.17, 15) is 0 Å². The van der Waals surface area contributed by atoms with E-state index in [0.29, 0.717) is 12.0 Å². The van der Waals surface area contributed by atoms with Crippen LogP contribution in [0, 0.1) is 0 Å². The van der Waals surface area contributed by atoms with E-state index < -0.39 is 0 Å². The molecule has 0 N–H and O–H groups in total. The van der Waals surface area contributed by atoms with E-state index in [1.807, 2.05) is 0 Å². The van der Waals surface area contributed by atoms with Crippen LogP contribution >= 0.6 is 0 Å². The summed E-state index contributed by atoms with van der Waals surface area (Å²) in [4.78, 5) is 14.5. The van der Waals surface area contributed by atoms with Gasteiger partial charge in [-0.3, -0.25) is 4.90 Å². The molecular formula is C21H36N4O. The summed E-state index contributed by atoms with van der Waals surface area (Å²) in [7, 11) is 4.01. The lowest BCUT2D eigenvalue weighted by Crippen LogP contribution is -2.44.